The van der Waals surface area contributed by atoms with Crippen LogP contribution in [0, 0.1) is 16.3 Å². The van der Waals surface area contributed by atoms with Crippen LogP contribution in [0.1, 0.15) is 5.69 Å². The van der Waals surface area contributed by atoms with Crippen molar-refractivity contribution in [1.29, 1.82) is 0 Å². The minimum Gasteiger partial charge on any atom is -0.383 e. The number of halogens is 3. The average Bonchev–Trinajstić information content (AvgIpc) is 2.25. The van der Waals surface area contributed by atoms with Gasteiger partial charge in [0.25, 0.3) is 0 Å². The smallest absolute Gasteiger partial charge is 0.162 e. The number of nitrogens with zero attached hydrogens (tertiary/aromatic N) is 2. The lowest BCUT2D eigenvalue weighted by Crippen LogP contribution is -2.02. The van der Waals surface area contributed by atoms with Gasteiger partial charge in [0, 0.05) is 10.0 Å². The molecule has 1 aromatic heterocycles. The normalized spacial score (nSPS) is 10.6. The molecule has 0 saturated carbocycles. The van der Waals surface area contributed by atoms with Crippen molar-refractivity contribution in [3.63, 3.8) is 0 Å². The van der Waals surface area contributed by atoms with Crippen molar-refractivity contribution in [2.45, 2.75) is 6.92 Å². The van der Waals surface area contributed by atoms with Crippen LogP contribution in [-0.2, 0) is 0 Å². The van der Waals surface area contributed by atoms with Gasteiger partial charge < -0.3 is 5.73 Å². The predicted octanol–water partition coefficient (Wildman–Crippen LogP) is 3.54. The van der Waals surface area contributed by atoms with Crippen molar-refractivity contribution < 1.29 is 4.39 Å². The number of benzene rings is 1. The second-order valence-corrected chi connectivity index (χ2v) is 5.39. The molecule has 1 heterocycles. The van der Waals surface area contributed by atoms with Crippen molar-refractivity contribution in [1.82, 2.24) is 9.97 Å². The van der Waals surface area contributed by atoms with Gasteiger partial charge in [0.2, 0.25) is 0 Å². The zero-order valence-corrected chi connectivity index (χ0v) is 12.6. The van der Waals surface area contributed by atoms with Gasteiger partial charge in [0.1, 0.15) is 11.6 Å². The Labute approximate surface area is 120 Å². The van der Waals surface area contributed by atoms with E-state index in [4.69, 9.17) is 5.73 Å². The summed E-state index contributed by atoms with van der Waals surface area (Å²) in [6.45, 7) is 1.86. The number of nitrogen functional groups attached to an aromatic ring is 1. The van der Waals surface area contributed by atoms with E-state index in [1.165, 1.54) is 12.1 Å². The van der Waals surface area contributed by atoms with Crippen LogP contribution >= 0.6 is 38.5 Å². The summed E-state index contributed by atoms with van der Waals surface area (Å²) in [5.74, 6) is 0.618. The average molecular weight is 408 g/mol. The molecule has 1 aromatic carbocycles. The van der Waals surface area contributed by atoms with E-state index in [1.54, 1.807) is 6.07 Å². The summed E-state index contributed by atoms with van der Waals surface area (Å²) in [4.78, 5) is 8.54. The van der Waals surface area contributed by atoms with Gasteiger partial charge in [-0.15, -0.1) is 0 Å². The van der Waals surface area contributed by atoms with Crippen molar-refractivity contribution in [2.75, 3.05) is 5.73 Å². The van der Waals surface area contributed by atoms with E-state index in [1.807, 2.05) is 6.92 Å². The lowest BCUT2D eigenvalue weighted by Gasteiger charge is -2.07. The fraction of sp³-hybridized carbons (Fsp3) is 0.0909. The van der Waals surface area contributed by atoms with E-state index in [0.717, 1.165) is 14.8 Å². The van der Waals surface area contributed by atoms with Gasteiger partial charge in [0.15, 0.2) is 5.82 Å². The molecule has 0 aliphatic rings. The fourth-order valence-corrected chi connectivity index (χ4v) is 2.14. The SMILES string of the molecule is Cc1nc(-c2ccc(F)cc2Br)nc(N)c1I. The lowest BCUT2D eigenvalue weighted by molar-refractivity contribution is 0.627. The molecular formula is C11H8BrFIN3. The molecule has 88 valence electrons. The Balaban J connectivity index is 2.61. The number of nitrogens with two attached hydrogens (primary N) is 1. The van der Waals surface area contributed by atoms with Gasteiger partial charge in [-0.1, -0.05) is 0 Å². The molecule has 0 radical (unpaired) electrons. The molecule has 2 rings (SSSR count). The van der Waals surface area contributed by atoms with E-state index in [2.05, 4.69) is 48.5 Å². The maximum atomic E-state index is 13.0. The third-order valence-corrected chi connectivity index (χ3v) is 4.20. The molecule has 0 aliphatic heterocycles. The van der Waals surface area contributed by atoms with Crippen LogP contribution in [0.25, 0.3) is 11.4 Å². The molecule has 0 bridgehead atoms. The summed E-state index contributed by atoms with van der Waals surface area (Å²) in [5, 5.41) is 0. The molecule has 0 saturated heterocycles. The molecule has 6 heteroatoms. The largest absolute Gasteiger partial charge is 0.383 e. The van der Waals surface area contributed by atoms with Crippen LogP contribution in [0.15, 0.2) is 22.7 Å². The first-order chi connectivity index (χ1) is 7.99. The van der Waals surface area contributed by atoms with Gasteiger partial charge in [-0.05, 0) is 63.6 Å². The first-order valence-electron chi connectivity index (χ1n) is 4.74. The van der Waals surface area contributed by atoms with Crippen LogP contribution in [0.4, 0.5) is 10.2 Å². The Bertz CT molecular complexity index is 566. The van der Waals surface area contributed by atoms with Crippen molar-refractivity contribution in [2.24, 2.45) is 0 Å². The first kappa shape index (κ1) is 12.7. The predicted molar refractivity (Wildman–Crippen MR) is 77.0 cm³/mol. The van der Waals surface area contributed by atoms with Crippen LogP contribution in [-0.4, -0.2) is 9.97 Å². The van der Waals surface area contributed by atoms with E-state index in [-0.39, 0.29) is 5.82 Å². The van der Waals surface area contributed by atoms with E-state index in [9.17, 15) is 4.39 Å². The number of hydrogen-bond acceptors (Lipinski definition) is 3. The number of anilines is 1. The van der Waals surface area contributed by atoms with Gasteiger partial charge in [-0.2, -0.15) is 0 Å². The number of aromatic nitrogens is 2. The first-order valence-corrected chi connectivity index (χ1v) is 6.61. The molecule has 17 heavy (non-hydrogen) atoms. The molecule has 0 amide bonds. The number of rotatable bonds is 1. The minimum atomic E-state index is -0.309. The monoisotopic (exact) mass is 407 g/mol. The highest BCUT2D eigenvalue weighted by atomic mass is 127. The standard InChI is InChI=1S/C11H8BrFIN3/c1-5-9(14)10(15)17-11(16-5)7-3-2-6(13)4-8(7)12/h2-4H,1H3,(H2,15,16,17). The third kappa shape index (κ3) is 2.57. The van der Waals surface area contributed by atoms with Crippen LogP contribution in [0.3, 0.4) is 0 Å². The maximum Gasteiger partial charge on any atom is 0.162 e. The van der Waals surface area contributed by atoms with E-state index < -0.39 is 0 Å². The Morgan fingerprint density at radius 3 is 2.65 bits per heavy atom. The zero-order valence-electron chi connectivity index (χ0n) is 8.84. The molecule has 3 nitrogen and oxygen atoms in total. The molecule has 2 N–H and O–H groups in total. The second kappa shape index (κ2) is 4.85. The second-order valence-electron chi connectivity index (χ2n) is 3.46. The minimum absolute atomic E-state index is 0.309. The number of hydrogen-bond donors (Lipinski definition) is 1. The van der Waals surface area contributed by atoms with Crippen molar-refractivity contribution in [3.8, 4) is 11.4 Å². The fourth-order valence-electron chi connectivity index (χ4n) is 1.37. The van der Waals surface area contributed by atoms with E-state index >= 15 is 0 Å². The highest BCUT2D eigenvalue weighted by Gasteiger charge is 2.11. The third-order valence-electron chi connectivity index (χ3n) is 2.21. The van der Waals surface area contributed by atoms with E-state index in [0.29, 0.717) is 16.1 Å². The van der Waals surface area contributed by atoms with Gasteiger partial charge in [-0.3, -0.25) is 0 Å². The van der Waals surface area contributed by atoms with Crippen molar-refractivity contribution in [3.05, 3.63) is 37.8 Å². The van der Waals surface area contributed by atoms with Gasteiger partial charge in [-0.25, -0.2) is 14.4 Å². The van der Waals surface area contributed by atoms with Crippen LogP contribution in [0.2, 0.25) is 0 Å². The molecule has 0 spiro atoms. The molecule has 0 aliphatic carbocycles. The van der Waals surface area contributed by atoms with Crippen LogP contribution < -0.4 is 5.73 Å². The topological polar surface area (TPSA) is 51.8 Å². The van der Waals surface area contributed by atoms with Gasteiger partial charge >= 0.3 is 0 Å². The zero-order chi connectivity index (χ0) is 12.6. The summed E-state index contributed by atoms with van der Waals surface area (Å²) in [6, 6.07) is 4.37. The Morgan fingerprint density at radius 2 is 2.06 bits per heavy atom. The summed E-state index contributed by atoms with van der Waals surface area (Å²) in [5.41, 5.74) is 7.32. The van der Waals surface area contributed by atoms with Crippen molar-refractivity contribution >= 4 is 44.3 Å². The Kier molecular flexibility index (Phi) is 3.62. The molecule has 0 atom stereocenters. The molecule has 2 aromatic rings. The number of aryl methyl sites for hydroxylation is 1. The Hall–Kier alpha value is -0.760. The summed E-state index contributed by atoms with van der Waals surface area (Å²) in [7, 11) is 0. The summed E-state index contributed by atoms with van der Waals surface area (Å²) in [6.07, 6.45) is 0. The molecule has 0 unspecified atom stereocenters. The van der Waals surface area contributed by atoms with Crippen LogP contribution in [0.5, 0.6) is 0 Å². The quantitative estimate of drug-likeness (QED) is 0.735. The Morgan fingerprint density at radius 1 is 1.35 bits per heavy atom. The highest BCUT2D eigenvalue weighted by Crippen LogP contribution is 2.28. The highest BCUT2D eigenvalue weighted by molar-refractivity contribution is 14.1. The van der Waals surface area contributed by atoms with Gasteiger partial charge in [0.05, 0.1) is 9.26 Å². The summed E-state index contributed by atoms with van der Waals surface area (Å²) < 4.78 is 14.4. The maximum absolute atomic E-state index is 13.0. The molecular weight excluding hydrogens is 400 g/mol. The lowest BCUT2D eigenvalue weighted by atomic mass is 10.2. The molecule has 0 fully saturated rings. The summed E-state index contributed by atoms with van der Waals surface area (Å²) >= 11 is 5.39.